The minimum absolute atomic E-state index is 0.749. The van der Waals surface area contributed by atoms with Gasteiger partial charge in [-0.2, -0.15) is 0 Å². The Morgan fingerprint density at radius 2 is 0.824 bits per heavy atom. The lowest BCUT2D eigenvalue weighted by atomic mass is 10.2. The van der Waals surface area contributed by atoms with Crippen LogP contribution in [0.2, 0.25) is 0 Å². The van der Waals surface area contributed by atoms with Gasteiger partial charge in [0.15, 0.2) is 0 Å². The highest BCUT2D eigenvalue weighted by Crippen LogP contribution is 2.56. The van der Waals surface area contributed by atoms with Crippen LogP contribution in [0.5, 0.6) is 5.75 Å². The zero-order valence-corrected chi connectivity index (χ0v) is 21.8. The predicted octanol–water partition coefficient (Wildman–Crippen LogP) is 7.07. The van der Waals surface area contributed by atoms with Gasteiger partial charge in [0.25, 0.3) is 0 Å². The molecule has 0 atom stereocenters. The molecule has 0 spiro atoms. The van der Waals surface area contributed by atoms with Crippen molar-refractivity contribution in [3.05, 3.63) is 119 Å². The van der Waals surface area contributed by atoms with Gasteiger partial charge in [-0.3, -0.25) is 0 Å². The molecule has 0 radical (unpaired) electrons. The van der Waals surface area contributed by atoms with Gasteiger partial charge in [0.05, 0.1) is 12.8 Å². The largest absolute Gasteiger partial charge is 0.494 e. The van der Waals surface area contributed by atoms with Crippen LogP contribution in [0.1, 0.15) is 35.1 Å². The third-order valence-corrected chi connectivity index (χ3v) is 11.1. The van der Waals surface area contributed by atoms with Gasteiger partial charge in [-0.25, -0.2) is 0 Å². The zero-order chi connectivity index (χ0) is 24.0. The number of rotatable bonds is 9. The molecular formula is C32H36OP+. The molecule has 0 aliphatic carbocycles. The van der Waals surface area contributed by atoms with Crippen molar-refractivity contribution in [2.75, 3.05) is 12.8 Å². The van der Waals surface area contributed by atoms with Gasteiger partial charge in [-0.1, -0.05) is 70.8 Å². The van der Waals surface area contributed by atoms with Crippen molar-refractivity contribution >= 4 is 23.2 Å². The van der Waals surface area contributed by atoms with Gasteiger partial charge < -0.3 is 4.74 Å². The fourth-order valence-electron chi connectivity index (χ4n) is 4.51. The average Bonchev–Trinajstić information content (AvgIpc) is 2.85. The number of benzene rings is 4. The highest BCUT2D eigenvalue weighted by atomic mass is 31.2. The van der Waals surface area contributed by atoms with Gasteiger partial charge in [0.2, 0.25) is 0 Å². The minimum atomic E-state index is -1.79. The molecule has 0 saturated carbocycles. The molecule has 4 rings (SSSR count). The van der Waals surface area contributed by atoms with Crippen LogP contribution in [0, 0.1) is 27.7 Å². The van der Waals surface area contributed by atoms with Crippen LogP contribution in [-0.4, -0.2) is 12.8 Å². The molecule has 2 heteroatoms. The Morgan fingerprint density at radius 1 is 0.471 bits per heavy atom. The van der Waals surface area contributed by atoms with Crippen LogP contribution < -0.4 is 20.7 Å². The van der Waals surface area contributed by atoms with E-state index in [2.05, 4.69) is 125 Å². The molecule has 4 aromatic rings. The lowest BCUT2D eigenvalue weighted by Crippen LogP contribution is -2.33. The van der Waals surface area contributed by atoms with Crippen molar-refractivity contribution in [3.63, 3.8) is 0 Å². The van der Waals surface area contributed by atoms with Crippen molar-refractivity contribution in [2.24, 2.45) is 0 Å². The Morgan fingerprint density at radius 3 is 1.21 bits per heavy atom. The maximum Gasteiger partial charge on any atom is 0.119 e. The molecule has 4 aromatic carbocycles. The van der Waals surface area contributed by atoms with Crippen molar-refractivity contribution in [3.8, 4) is 5.75 Å². The topological polar surface area (TPSA) is 9.23 Å². The van der Waals surface area contributed by atoms with E-state index in [1.165, 1.54) is 38.2 Å². The van der Waals surface area contributed by atoms with E-state index in [4.69, 9.17) is 4.74 Å². The Kier molecular flexibility index (Phi) is 7.86. The maximum atomic E-state index is 6.05. The summed E-state index contributed by atoms with van der Waals surface area (Å²) in [7, 11) is -1.79. The van der Waals surface area contributed by atoms with E-state index in [-0.39, 0.29) is 0 Å². The lowest BCUT2D eigenvalue weighted by molar-refractivity contribution is 0.309. The first-order valence-electron chi connectivity index (χ1n) is 12.3. The fraction of sp³-hybridized carbons (Fsp3) is 0.250. The maximum absolute atomic E-state index is 6.05. The first-order valence-corrected chi connectivity index (χ1v) is 14.2. The molecule has 0 bridgehead atoms. The van der Waals surface area contributed by atoms with Gasteiger partial charge >= 0.3 is 0 Å². The van der Waals surface area contributed by atoms with E-state index < -0.39 is 7.26 Å². The van der Waals surface area contributed by atoms with E-state index in [0.29, 0.717) is 0 Å². The van der Waals surface area contributed by atoms with Crippen molar-refractivity contribution in [2.45, 2.75) is 40.5 Å². The summed E-state index contributed by atoms with van der Waals surface area (Å²) in [6, 6.07) is 36.2. The molecule has 1 nitrogen and oxygen atoms in total. The average molecular weight is 468 g/mol. The van der Waals surface area contributed by atoms with E-state index >= 15 is 0 Å². The standard InChI is InChI=1S/C32H36OP/c1-25-7-15-29(16-8-25)33-23-5-6-24-34(30-17-9-26(2)10-18-30,31-19-11-27(3)12-20-31)32-21-13-28(4)14-22-32/h7-22H,5-6,23-24H2,1-4H3/q+1. The molecule has 0 aromatic heterocycles. The van der Waals surface area contributed by atoms with Crippen molar-refractivity contribution in [1.29, 1.82) is 0 Å². The molecule has 0 heterocycles. The van der Waals surface area contributed by atoms with E-state index in [1.807, 2.05) is 0 Å². The highest BCUT2D eigenvalue weighted by molar-refractivity contribution is 7.95. The normalized spacial score (nSPS) is 11.4. The third-order valence-electron chi connectivity index (χ3n) is 6.60. The molecule has 0 aliphatic heterocycles. The zero-order valence-electron chi connectivity index (χ0n) is 20.9. The monoisotopic (exact) mass is 467 g/mol. The number of unbranched alkanes of at least 4 members (excludes halogenated alkanes) is 1. The molecule has 0 saturated heterocycles. The fourth-order valence-corrected chi connectivity index (χ4v) is 8.85. The summed E-state index contributed by atoms with van der Waals surface area (Å²) in [5.74, 6) is 0.960. The SMILES string of the molecule is Cc1ccc(OCCCC[P+](c2ccc(C)cc2)(c2ccc(C)cc2)c2ccc(C)cc2)cc1. The first-order chi connectivity index (χ1) is 16.5. The summed E-state index contributed by atoms with van der Waals surface area (Å²) in [6.07, 6.45) is 3.30. The van der Waals surface area contributed by atoms with Gasteiger partial charge in [-0.15, -0.1) is 0 Å². The van der Waals surface area contributed by atoms with Crippen LogP contribution >= 0.6 is 7.26 Å². The Bertz CT molecular complexity index is 1060. The lowest BCUT2D eigenvalue weighted by Gasteiger charge is -2.28. The molecule has 34 heavy (non-hydrogen) atoms. The molecule has 0 fully saturated rings. The quantitative estimate of drug-likeness (QED) is 0.189. The third kappa shape index (κ3) is 5.60. The van der Waals surface area contributed by atoms with Crippen LogP contribution in [-0.2, 0) is 0 Å². The van der Waals surface area contributed by atoms with Crippen molar-refractivity contribution in [1.82, 2.24) is 0 Å². The second kappa shape index (κ2) is 11.0. The predicted molar refractivity (Wildman–Crippen MR) is 150 cm³/mol. The molecule has 0 aliphatic rings. The second-order valence-electron chi connectivity index (χ2n) is 9.41. The molecule has 0 amide bonds. The summed E-state index contributed by atoms with van der Waals surface area (Å²) >= 11 is 0. The van der Waals surface area contributed by atoms with Crippen molar-refractivity contribution < 1.29 is 4.74 Å². The van der Waals surface area contributed by atoms with Crippen LogP contribution in [0.4, 0.5) is 0 Å². The summed E-state index contributed by atoms with van der Waals surface area (Å²) in [6.45, 7) is 9.37. The van der Waals surface area contributed by atoms with Crippen LogP contribution in [0.3, 0.4) is 0 Å². The van der Waals surface area contributed by atoms with E-state index in [9.17, 15) is 0 Å². The smallest absolute Gasteiger partial charge is 0.119 e. The summed E-state index contributed by atoms with van der Waals surface area (Å²) in [5.41, 5.74) is 5.18. The number of ether oxygens (including phenoxy) is 1. The number of hydrogen-bond acceptors (Lipinski definition) is 1. The minimum Gasteiger partial charge on any atom is -0.494 e. The Hall–Kier alpha value is -2.89. The number of aryl methyl sites for hydroxylation is 4. The van der Waals surface area contributed by atoms with Gasteiger partial charge in [-0.05, 0) is 89.1 Å². The molecule has 0 N–H and O–H groups in total. The molecular weight excluding hydrogens is 431 g/mol. The number of hydrogen-bond donors (Lipinski definition) is 0. The highest BCUT2D eigenvalue weighted by Gasteiger charge is 2.44. The molecule has 174 valence electrons. The second-order valence-corrected chi connectivity index (χ2v) is 13.0. The van der Waals surface area contributed by atoms with Gasteiger partial charge in [0.1, 0.15) is 28.9 Å². The first kappa shape index (κ1) is 24.2. The van der Waals surface area contributed by atoms with Gasteiger partial charge in [0, 0.05) is 0 Å². The Balaban J connectivity index is 1.65. The summed E-state index contributed by atoms with van der Waals surface area (Å²) in [5, 5.41) is 4.39. The van der Waals surface area contributed by atoms with E-state index in [0.717, 1.165) is 31.4 Å². The summed E-state index contributed by atoms with van der Waals surface area (Å²) in [4.78, 5) is 0. The summed E-state index contributed by atoms with van der Waals surface area (Å²) < 4.78 is 6.05. The van der Waals surface area contributed by atoms with E-state index in [1.54, 1.807) is 0 Å². The van der Waals surface area contributed by atoms with Crippen LogP contribution in [0.15, 0.2) is 97.1 Å². The Labute approximate surface area is 206 Å². The molecule has 0 unspecified atom stereocenters. The van der Waals surface area contributed by atoms with Crippen LogP contribution in [0.25, 0.3) is 0 Å².